The molecule has 1 amide bonds. The lowest BCUT2D eigenvalue weighted by atomic mass is 9.78. The van der Waals surface area contributed by atoms with Gasteiger partial charge in [-0.05, 0) is 31.2 Å². The van der Waals surface area contributed by atoms with Crippen molar-refractivity contribution < 1.29 is 14.3 Å². The van der Waals surface area contributed by atoms with Crippen LogP contribution < -0.4 is 10.9 Å². The molecule has 1 saturated carbocycles. The molecule has 1 aliphatic carbocycles. The number of H-pyrrole nitrogens is 1. The standard InChI is InChI=1S/C21H26N2O4/c1-12-7-6-10-17(13(12)2)23-20(25)14(3)27-21(26)16-11-19(24)22-18-9-5-4-8-15(16)18/h4-5,8-9,11-14,17H,6-7,10H2,1-3H3,(H,22,24)(H,23,25). The summed E-state index contributed by atoms with van der Waals surface area (Å²) in [5.74, 6) is -0.0278. The first-order chi connectivity index (χ1) is 12.9. The Labute approximate surface area is 158 Å². The highest BCUT2D eigenvalue weighted by atomic mass is 16.5. The van der Waals surface area contributed by atoms with Gasteiger partial charge in [-0.3, -0.25) is 9.59 Å². The Morgan fingerprint density at radius 1 is 1.22 bits per heavy atom. The number of amides is 1. The molecule has 1 aromatic carbocycles. The number of carbonyl (C=O) groups is 2. The highest BCUT2D eigenvalue weighted by molar-refractivity contribution is 6.03. The number of esters is 1. The second-order valence-electron chi connectivity index (χ2n) is 7.52. The van der Waals surface area contributed by atoms with E-state index in [1.807, 2.05) is 0 Å². The van der Waals surface area contributed by atoms with Crippen molar-refractivity contribution in [1.82, 2.24) is 10.3 Å². The summed E-state index contributed by atoms with van der Waals surface area (Å²) in [5.41, 5.74) is 0.329. The van der Waals surface area contributed by atoms with Crippen LogP contribution in [0.4, 0.5) is 0 Å². The monoisotopic (exact) mass is 370 g/mol. The number of aromatic nitrogens is 1. The summed E-state index contributed by atoms with van der Waals surface area (Å²) in [6, 6.07) is 8.31. The third-order valence-electron chi connectivity index (χ3n) is 5.66. The maximum Gasteiger partial charge on any atom is 0.339 e. The second kappa shape index (κ2) is 7.94. The molecule has 3 rings (SSSR count). The van der Waals surface area contributed by atoms with Crippen LogP contribution in [0.25, 0.3) is 10.9 Å². The third kappa shape index (κ3) is 4.21. The Morgan fingerprint density at radius 3 is 2.74 bits per heavy atom. The minimum atomic E-state index is -0.931. The molecule has 0 saturated heterocycles. The van der Waals surface area contributed by atoms with E-state index in [1.54, 1.807) is 31.2 Å². The van der Waals surface area contributed by atoms with Crippen molar-refractivity contribution in [1.29, 1.82) is 0 Å². The van der Waals surface area contributed by atoms with Crippen molar-refractivity contribution in [2.45, 2.75) is 52.2 Å². The number of hydrogen-bond acceptors (Lipinski definition) is 4. The highest BCUT2D eigenvalue weighted by Gasteiger charge is 2.30. The minimum Gasteiger partial charge on any atom is -0.449 e. The van der Waals surface area contributed by atoms with E-state index in [1.165, 1.54) is 12.5 Å². The van der Waals surface area contributed by atoms with Crippen molar-refractivity contribution in [3.05, 3.63) is 46.2 Å². The molecule has 4 atom stereocenters. The van der Waals surface area contributed by atoms with E-state index >= 15 is 0 Å². The molecule has 0 spiro atoms. The normalized spacial score (nSPS) is 23.6. The Bertz CT molecular complexity index is 904. The molecule has 0 bridgehead atoms. The molecule has 4 unspecified atom stereocenters. The van der Waals surface area contributed by atoms with Gasteiger partial charge in [0.15, 0.2) is 6.10 Å². The first-order valence-corrected chi connectivity index (χ1v) is 9.50. The van der Waals surface area contributed by atoms with Crippen LogP contribution in [0.15, 0.2) is 35.1 Å². The number of rotatable bonds is 4. The molecule has 0 radical (unpaired) electrons. The molecule has 6 heteroatoms. The summed E-state index contributed by atoms with van der Waals surface area (Å²) in [6.45, 7) is 5.90. The van der Waals surface area contributed by atoms with E-state index in [0.717, 1.165) is 12.8 Å². The van der Waals surface area contributed by atoms with E-state index in [9.17, 15) is 14.4 Å². The largest absolute Gasteiger partial charge is 0.449 e. The summed E-state index contributed by atoms with van der Waals surface area (Å²) >= 11 is 0. The van der Waals surface area contributed by atoms with E-state index in [2.05, 4.69) is 24.1 Å². The number of ether oxygens (including phenoxy) is 1. The van der Waals surface area contributed by atoms with Crippen LogP contribution in [0.3, 0.4) is 0 Å². The Morgan fingerprint density at radius 2 is 1.96 bits per heavy atom. The smallest absolute Gasteiger partial charge is 0.339 e. The van der Waals surface area contributed by atoms with Gasteiger partial charge in [-0.15, -0.1) is 0 Å². The Balaban J connectivity index is 1.71. The lowest BCUT2D eigenvalue weighted by molar-refractivity contribution is -0.130. The number of carbonyl (C=O) groups excluding carboxylic acids is 2. The van der Waals surface area contributed by atoms with Crippen molar-refractivity contribution in [2.24, 2.45) is 11.8 Å². The molecule has 27 heavy (non-hydrogen) atoms. The van der Waals surface area contributed by atoms with Crippen molar-refractivity contribution in [3.63, 3.8) is 0 Å². The second-order valence-corrected chi connectivity index (χ2v) is 7.52. The van der Waals surface area contributed by atoms with Gasteiger partial charge >= 0.3 is 5.97 Å². The number of hydrogen-bond donors (Lipinski definition) is 2. The predicted octanol–water partition coefficient (Wildman–Crippen LogP) is 3.01. The topological polar surface area (TPSA) is 88.3 Å². The fourth-order valence-electron chi connectivity index (χ4n) is 3.74. The van der Waals surface area contributed by atoms with Gasteiger partial charge in [-0.2, -0.15) is 0 Å². The average Bonchev–Trinajstić information content (AvgIpc) is 2.64. The van der Waals surface area contributed by atoms with Crippen LogP contribution in [0.5, 0.6) is 0 Å². The number of fused-ring (bicyclic) bond motifs is 1. The average molecular weight is 370 g/mol. The van der Waals surface area contributed by atoms with Gasteiger partial charge in [0.2, 0.25) is 5.56 Å². The molecule has 144 valence electrons. The van der Waals surface area contributed by atoms with Crippen LogP contribution in [-0.2, 0) is 9.53 Å². The zero-order valence-electron chi connectivity index (χ0n) is 16.0. The van der Waals surface area contributed by atoms with E-state index < -0.39 is 12.1 Å². The first kappa shape index (κ1) is 19.1. The first-order valence-electron chi connectivity index (χ1n) is 9.50. The number of pyridine rings is 1. The maximum absolute atomic E-state index is 12.6. The summed E-state index contributed by atoms with van der Waals surface area (Å²) in [6.07, 6.45) is 2.27. The molecule has 1 heterocycles. The zero-order valence-corrected chi connectivity index (χ0v) is 16.0. The lowest BCUT2D eigenvalue weighted by Crippen LogP contribution is -2.47. The van der Waals surface area contributed by atoms with Gasteiger partial charge < -0.3 is 15.0 Å². The van der Waals surface area contributed by atoms with Crippen LogP contribution in [-0.4, -0.2) is 29.0 Å². The fraction of sp³-hybridized carbons (Fsp3) is 0.476. The molecule has 6 nitrogen and oxygen atoms in total. The van der Waals surface area contributed by atoms with E-state index in [-0.39, 0.29) is 23.1 Å². The summed E-state index contributed by atoms with van der Waals surface area (Å²) in [7, 11) is 0. The lowest BCUT2D eigenvalue weighted by Gasteiger charge is -2.35. The number of para-hydroxylation sites is 1. The van der Waals surface area contributed by atoms with Crippen LogP contribution in [0, 0.1) is 11.8 Å². The molecule has 2 aromatic rings. The summed E-state index contributed by atoms with van der Waals surface area (Å²) in [4.78, 5) is 39.6. The molecular formula is C21H26N2O4. The highest BCUT2D eigenvalue weighted by Crippen LogP contribution is 2.29. The van der Waals surface area contributed by atoms with Gasteiger partial charge in [0.25, 0.3) is 5.91 Å². The van der Waals surface area contributed by atoms with E-state index in [0.29, 0.717) is 22.7 Å². The SMILES string of the molecule is CC(OC(=O)c1cc(=O)[nH]c2ccccc12)C(=O)NC1CCCC(C)C1C. The zero-order chi connectivity index (χ0) is 19.6. The van der Waals surface area contributed by atoms with Crippen LogP contribution in [0.2, 0.25) is 0 Å². The summed E-state index contributed by atoms with van der Waals surface area (Å²) < 4.78 is 5.36. The molecule has 0 aliphatic heterocycles. The predicted molar refractivity (Wildman–Crippen MR) is 104 cm³/mol. The molecule has 1 fully saturated rings. The van der Waals surface area contributed by atoms with Gasteiger partial charge in [0.1, 0.15) is 0 Å². The van der Waals surface area contributed by atoms with Gasteiger partial charge in [0, 0.05) is 23.0 Å². The third-order valence-corrected chi connectivity index (χ3v) is 5.66. The molecule has 1 aliphatic rings. The van der Waals surface area contributed by atoms with Crippen molar-refractivity contribution in [3.8, 4) is 0 Å². The number of benzene rings is 1. The molecule has 1 aromatic heterocycles. The van der Waals surface area contributed by atoms with Crippen LogP contribution >= 0.6 is 0 Å². The Kier molecular flexibility index (Phi) is 5.63. The fourth-order valence-corrected chi connectivity index (χ4v) is 3.74. The van der Waals surface area contributed by atoms with Crippen LogP contribution in [0.1, 0.15) is 50.4 Å². The quantitative estimate of drug-likeness (QED) is 0.810. The number of aromatic amines is 1. The van der Waals surface area contributed by atoms with Gasteiger partial charge in [-0.1, -0.05) is 44.9 Å². The minimum absolute atomic E-state index is 0.0998. The number of nitrogens with one attached hydrogen (secondary N) is 2. The summed E-state index contributed by atoms with van der Waals surface area (Å²) in [5, 5.41) is 3.61. The Hall–Kier alpha value is -2.63. The van der Waals surface area contributed by atoms with Crippen molar-refractivity contribution >= 4 is 22.8 Å². The molecule has 2 N–H and O–H groups in total. The van der Waals surface area contributed by atoms with Crippen molar-refractivity contribution in [2.75, 3.05) is 0 Å². The van der Waals surface area contributed by atoms with Gasteiger partial charge in [-0.25, -0.2) is 4.79 Å². The van der Waals surface area contributed by atoms with Gasteiger partial charge in [0.05, 0.1) is 5.56 Å². The van der Waals surface area contributed by atoms with E-state index in [4.69, 9.17) is 4.74 Å². The molecular weight excluding hydrogens is 344 g/mol. The maximum atomic E-state index is 12.6.